The highest BCUT2D eigenvalue weighted by molar-refractivity contribution is 5.74. The van der Waals surface area contributed by atoms with Gasteiger partial charge < -0.3 is 0 Å². The summed E-state index contributed by atoms with van der Waals surface area (Å²) >= 11 is 0. The van der Waals surface area contributed by atoms with Gasteiger partial charge in [0.25, 0.3) is 0 Å². The molecule has 0 nitrogen and oxygen atoms in total. The lowest BCUT2D eigenvalue weighted by atomic mass is 10.0. The second kappa shape index (κ2) is 6.58. The first kappa shape index (κ1) is 14.5. The quantitative estimate of drug-likeness (QED) is 0.438. The van der Waals surface area contributed by atoms with Crippen LogP contribution in [0.1, 0.15) is 43.2 Å². The molecule has 0 saturated heterocycles. The summed E-state index contributed by atoms with van der Waals surface area (Å²) in [6, 6.07) is 23.1. The molecule has 0 heteroatoms. The summed E-state index contributed by atoms with van der Waals surface area (Å²) in [6.45, 7) is 0. The van der Waals surface area contributed by atoms with Crippen molar-refractivity contribution in [2.24, 2.45) is 0 Å². The molecule has 3 aromatic rings. The monoisotopic (exact) mass is 300 g/mol. The van der Waals surface area contributed by atoms with Gasteiger partial charge in [-0.3, -0.25) is 0 Å². The molecule has 0 spiro atoms. The predicted octanol–water partition coefficient (Wildman–Crippen LogP) is 6.60. The Morgan fingerprint density at radius 1 is 0.391 bits per heavy atom. The van der Waals surface area contributed by atoms with E-state index in [1.165, 1.54) is 77.6 Å². The van der Waals surface area contributed by atoms with Crippen LogP contribution in [0, 0.1) is 0 Å². The Bertz CT molecular complexity index is 728. The highest BCUT2D eigenvalue weighted by Gasteiger charge is 2.00. The molecule has 0 radical (unpaired) electrons. The van der Waals surface area contributed by atoms with E-state index in [1.807, 2.05) is 0 Å². The Kier molecular flexibility index (Phi) is 4.15. The molecule has 2 aliphatic carbocycles. The third kappa shape index (κ3) is 3.64. The molecule has 0 amide bonds. The SMILES string of the molecule is c1cc2cc3cc(ccc4cc(cc1c4)CCCCCCC3)c2. The molecule has 116 valence electrons. The second-order valence-corrected chi connectivity index (χ2v) is 6.95. The number of aryl methyl sites for hydroxylation is 2. The summed E-state index contributed by atoms with van der Waals surface area (Å²) < 4.78 is 0. The molecular formula is C23H24. The van der Waals surface area contributed by atoms with Crippen LogP contribution in [-0.2, 0) is 12.8 Å². The molecule has 0 N–H and O–H groups in total. The molecule has 6 bridgehead atoms. The molecule has 0 unspecified atom stereocenters. The van der Waals surface area contributed by atoms with Crippen molar-refractivity contribution < 1.29 is 0 Å². The molecule has 0 atom stereocenters. The third-order valence-corrected chi connectivity index (χ3v) is 4.94. The van der Waals surface area contributed by atoms with Gasteiger partial charge in [-0.15, -0.1) is 0 Å². The maximum absolute atomic E-state index is 2.36. The molecular weight excluding hydrogens is 276 g/mol. The Balaban J connectivity index is 1.96. The zero-order valence-corrected chi connectivity index (χ0v) is 13.7. The van der Waals surface area contributed by atoms with Gasteiger partial charge in [0.1, 0.15) is 0 Å². The number of fused-ring (bicyclic) bond motifs is 8. The molecule has 0 aromatic heterocycles. The van der Waals surface area contributed by atoms with Gasteiger partial charge in [-0.25, -0.2) is 0 Å². The van der Waals surface area contributed by atoms with E-state index in [1.54, 1.807) is 0 Å². The standard InChI is InChI=1S/C23H24/c1-2-4-6-18-12-20-8-10-22-14-19(7-5-3-1)15-23(17-22)11-9-21(13-18)16-20/h8-17H,1-7H2. The molecule has 2 aliphatic rings. The fraction of sp³-hybridized carbons (Fsp3) is 0.304. The van der Waals surface area contributed by atoms with Crippen molar-refractivity contribution in [2.45, 2.75) is 44.9 Å². The van der Waals surface area contributed by atoms with Crippen LogP contribution in [0.3, 0.4) is 0 Å². The van der Waals surface area contributed by atoms with E-state index in [-0.39, 0.29) is 0 Å². The maximum atomic E-state index is 2.36. The molecule has 3 aromatic carbocycles. The van der Waals surface area contributed by atoms with Crippen LogP contribution in [-0.4, -0.2) is 0 Å². The van der Waals surface area contributed by atoms with E-state index in [0.29, 0.717) is 0 Å². The lowest BCUT2D eigenvalue weighted by Crippen LogP contribution is -1.88. The van der Waals surface area contributed by atoms with Crippen molar-refractivity contribution in [1.82, 2.24) is 0 Å². The Hall–Kier alpha value is -2.08. The topological polar surface area (TPSA) is 0 Å². The first-order valence-corrected chi connectivity index (χ1v) is 8.99. The van der Waals surface area contributed by atoms with Crippen molar-refractivity contribution >= 4 is 21.5 Å². The third-order valence-electron chi connectivity index (χ3n) is 4.94. The van der Waals surface area contributed by atoms with Crippen molar-refractivity contribution in [3.8, 4) is 0 Å². The molecule has 5 rings (SSSR count). The van der Waals surface area contributed by atoms with E-state index in [4.69, 9.17) is 0 Å². The summed E-state index contributed by atoms with van der Waals surface area (Å²) in [5, 5.41) is 5.30. The van der Waals surface area contributed by atoms with E-state index in [2.05, 4.69) is 60.7 Å². The van der Waals surface area contributed by atoms with Gasteiger partial charge in [-0.2, -0.15) is 0 Å². The highest BCUT2D eigenvalue weighted by atomic mass is 14.1. The molecule has 0 fully saturated rings. The Morgan fingerprint density at radius 2 is 0.739 bits per heavy atom. The van der Waals surface area contributed by atoms with Crippen LogP contribution in [0.5, 0.6) is 0 Å². The largest absolute Gasteiger partial charge is 0.0544 e. The average Bonchev–Trinajstić information content (AvgIpc) is 2.56. The zero-order valence-electron chi connectivity index (χ0n) is 13.7. The van der Waals surface area contributed by atoms with E-state index >= 15 is 0 Å². The minimum absolute atomic E-state index is 1.21. The van der Waals surface area contributed by atoms with Gasteiger partial charge in [0.05, 0.1) is 0 Å². The van der Waals surface area contributed by atoms with Crippen molar-refractivity contribution in [3.63, 3.8) is 0 Å². The molecule has 23 heavy (non-hydrogen) atoms. The molecule has 0 saturated carbocycles. The zero-order chi connectivity index (χ0) is 15.5. The van der Waals surface area contributed by atoms with E-state index < -0.39 is 0 Å². The fourth-order valence-electron chi connectivity index (χ4n) is 3.74. The van der Waals surface area contributed by atoms with Gasteiger partial charge in [0.15, 0.2) is 0 Å². The number of hydrogen-bond acceptors (Lipinski definition) is 0. The van der Waals surface area contributed by atoms with E-state index in [9.17, 15) is 0 Å². The minimum Gasteiger partial charge on any atom is -0.0544 e. The van der Waals surface area contributed by atoms with Gasteiger partial charge in [0.2, 0.25) is 0 Å². The maximum Gasteiger partial charge on any atom is -0.0248 e. The number of hydrogen-bond donors (Lipinski definition) is 0. The van der Waals surface area contributed by atoms with Gasteiger partial charge in [-0.05, 0) is 70.5 Å². The smallest absolute Gasteiger partial charge is 0.0248 e. The van der Waals surface area contributed by atoms with Crippen LogP contribution in [0.15, 0.2) is 60.7 Å². The normalized spacial score (nSPS) is 15.5. The summed E-state index contributed by atoms with van der Waals surface area (Å²) in [4.78, 5) is 0. The van der Waals surface area contributed by atoms with Gasteiger partial charge in [0, 0.05) is 0 Å². The highest BCUT2D eigenvalue weighted by Crippen LogP contribution is 2.20. The van der Waals surface area contributed by atoms with Crippen LogP contribution in [0.4, 0.5) is 0 Å². The summed E-state index contributed by atoms with van der Waals surface area (Å²) in [5.74, 6) is 0. The first-order chi connectivity index (χ1) is 11.3. The number of benzene rings is 2. The minimum atomic E-state index is 1.21. The van der Waals surface area contributed by atoms with Gasteiger partial charge >= 0.3 is 0 Å². The second-order valence-electron chi connectivity index (χ2n) is 6.95. The Morgan fingerprint density at radius 3 is 1.13 bits per heavy atom. The van der Waals surface area contributed by atoms with Crippen molar-refractivity contribution in [1.29, 1.82) is 0 Å². The van der Waals surface area contributed by atoms with Crippen molar-refractivity contribution in [2.75, 3.05) is 0 Å². The lowest BCUT2D eigenvalue weighted by Gasteiger charge is -2.04. The average molecular weight is 300 g/mol. The fourth-order valence-corrected chi connectivity index (χ4v) is 3.74. The predicted molar refractivity (Wildman–Crippen MR) is 101 cm³/mol. The lowest BCUT2D eigenvalue weighted by molar-refractivity contribution is 0.614. The molecule has 0 heterocycles. The summed E-state index contributed by atoms with van der Waals surface area (Å²) in [5.41, 5.74) is 2.96. The van der Waals surface area contributed by atoms with Crippen LogP contribution in [0.2, 0.25) is 0 Å². The van der Waals surface area contributed by atoms with Crippen LogP contribution < -0.4 is 0 Å². The first-order valence-electron chi connectivity index (χ1n) is 8.99. The number of rotatable bonds is 0. The summed E-state index contributed by atoms with van der Waals surface area (Å²) in [6.07, 6.45) is 9.12. The van der Waals surface area contributed by atoms with Crippen LogP contribution in [0.25, 0.3) is 21.5 Å². The van der Waals surface area contributed by atoms with Crippen LogP contribution >= 0.6 is 0 Å². The van der Waals surface area contributed by atoms with Crippen molar-refractivity contribution in [3.05, 3.63) is 71.8 Å². The molecule has 0 aliphatic heterocycles. The van der Waals surface area contributed by atoms with E-state index in [0.717, 1.165) is 0 Å². The Labute approximate surface area is 138 Å². The van der Waals surface area contributed by atoms with Gasteiger partial charge in [-0.1, -0.05) is 67.8 Å². The summed E-state index contributed by atoms with van der Waals surface area (Å²) in [7, 11) is 0.